The molecule has 3 heteroatoms. The Morgan fingerprint density at radius 3 is 2.78 bits per heavy atom. The van der Waals surface area contributed by atoms with E-state index >= 15 is 0 Å². The highest BCUT2D eigenvalue weighted by molar-refractivity contribution is 7.99. The average Bonchev–Trinajstić information content (AvgIpc) is 2.36. The quantitative estimate of drug-likeness (QED) is 0.549. The van der Waals surface area contributed by atoms with E-state index < -0.39 is 5.60 Å². The SMILES string of the molecule is CO[C@@]1(C#N)CCSC1. The Morgan fingerprint density at radius 2 is 2.56 bits per heavy atom. The number of nitriles is 1. The van der Waals surface area contributed by atoms with Crippen LogP contribution in [0.2, 0.25) is 0 Å². The van der Waals surface area contributed by atoms with E-state index in [4.69, 9.17) is 10.00 Å². The molecule has 0 unspecified atom stereocenters. The maximum Gasteiger partial charge on any atom is 0.163 e. The molecule has 1 rings (SSSR count). The van der Waals surface area contributed by atoms with Crippen molar-refractivity contribution in [2.45, 2.75) is 12.0 Å². The molecule has 1 aliphatic heterocycles. The highest BCUT2D eigenvalue weighted by atomic mass is 32.2. The number of nitrogens with zero attached hydrogens (tertiary/aromatic N) is 1. The molecule has 1 aliphatic rings. The van der Waals surface area contributed by atoms with Crippen LogP contribution in [0.5, 0.6) is 0 Å². The van der Waals surface area contributed by atoms with Crippen molar-refractivity contribution < 1.29 is 4.74 Å². The second kappa shape index (κ2) is 2.59. The monoisotopic (exact) mass is 143 g/mol. The van der Waals surface area contributed by atoms with Gasteiger partial charge in [0.05, 0.1) is 6.07 Å². The third kappa shape index (κ3) is 1.20. The van der Waals surface area contributed by atoms with Crippen LogP contribution in [0.1, 0.15) is 6.42 Å². The fourth-order valence-electron chi connectivity index (χ4n) is 0.841. The van der Waals surface area contributed by atoms with Gasteiger partial charge in [-0.05, 0) is 12.2 Å². The number of hydrogen-bond acceptors (Lipinski definition) is 3. The van der Waals surface area contributed by atoms with Gasteiger partial charge in [-0.25, -0.2) is 0 Å². The third-order valence-corrected chi connectivity index (χ3v) is 2.74. The van der Waals surface area contributed by atoms with Crippen molar-refractivity contribution in [2.24, 2.45) is 0 Å². The minimum absolute atomic E-state index is 0.454. The maximum absolute atomic E-state index is 8.63. The third-order valence-electron chi connectivity index (χ3n) is 1.58. The van der Waals surface area contributed by atoms with Crippen LogP contribution in [0.25, 0.3) is 0 Å². The zero-order chi connectivity index (χ0) is 6.74. The summed E-state index contributed by atoms with van der Waals surface area (Å²) < 4.78 is 5.07. The molecule has 0 aromatic heterocycles. The van der Waals surface area contributed by atoms with Crippen molar-refractivity contribution >= 4 is 11.8 Å². The molecule has 0 radical (unpaired) electrons. The summed E-state index contributed by atoms with van der Waals surface area (Å²) >= 11 is 1.78. The minimum Gasteiger partial charge on any atom is -0.362 e. The fourth-order valence-corrected chi connectivity index (χ4v) is 2.12. The van der Waals surface area contributed by atoms with Gasteiger partial charge in [0.25, 0.3) is 0 Å². The number of methoxy groups -OCH3 is 1. The molecule has 1 heterocycles. The van der Waals surface area contributed by atoms with Crippen molar-refractivity contribution in [3.05, 3.63) is 0 Å². The van der Waals surface area contributed by atoms with E-state index in [1.165, 1.54) is 0 Å². The van der Waals surface area contributed by atoms with E-state index in [0.29, 0.717) is 0 Å². The van der Waals surface area contributed by atoms with Crippen LogP contribution in [0, 0.1) is 11.3 Å². The van der Waals surface area contributed by atoms with E-state index in [-0.39, 0.29) is 0 Å². The van der Waals surface area contributed by atoms with Gasteiger partial charge >= 0.3 is 0 Å². The number of ether oxygens (including phenoxy) is 1. The van der Waals surface area contributed by atoms with Gasteiger partial charge in [-0.2, -0.15) is 17.0 Å². The van der Waals surface area contributed by atoms with Crippen molar-refractivity contribution in [1.29, 1.82) is 5.26 Å². The average molecular weight is 143 g/mol. The summed E-state index contributed by atoms with van der Waals surface area (Å²) in [4.78, 5) is 0. The lowest BCUT2D eigenvalue weighted by molar-refractivity contribution is 0.0624. The molecule has 0 aromatic carbocycles. The molecule has 0 amide bonds. The number of rotatable bonds is 1. The Balaban J connectivity index is 2.59. The highest BCUT2D eigenvalue weighted by Crippen LogP contribution is 2.29. The molecule has 2 nitrogen and oxygen atoms in total. The van der Waals surface area contributed by atoms with E-state index in [0.717, 1.165) is 17.9 Å². The molecule has 9 heavy (non-hydrogen) atoms. The van der Waals surface area contributed by atoms with Gasteiger partial charge in [0, 0.05) is 12.9 Å². The van der Waals surface area contributed by atoms with Gasteiger partial charge in [0.15, 0.2) is 5.60 Å². The van der Waals surface area contributed by atoms with E-state index in [9.17, 15) is 0 Å². The smallest absolute Gasteiger partial charge is 0.163 e. The Labute approximate surface area is 59.2 Å². The van der Waals surface area contributed by atoms with Crippen molar-refractivity contribution in [2.75, 3.05) is 18.6 Å². The Hall–Kier alpha value is -0.200. The van der Waals surface area contributed by atoms with Gasteiger partial charge < -0.3 is 4.74 Å². The van der Waals surface area contributed by atoms with Gasteiger partial charge in [0.1, 0.15) is 0 Å². The topological polar surface area (TPSA) is 33.0 Å². The van der Waals surface area contributed by atoms with Crippen molar-refractivity contribution in [3.63, 3.8) is 0 Å². The largest absolute Gasteiger partial charge is 0.362 e. The van der Waals surface area contributed by atoms with Crippen LogP contribution in [0.15, 0.2) is 0 Å². The molecule has 0 N–H and O–H groups in total. The lowest BCUT2D eigenvalue weighted by atomic mass is 10.1. The lowest BCUT2D eigenvalue weighted by Gasteiger charge is -2.15. The summed E-state index contributed by atoms with van der Waals surface area (Å²) in [6.07, 6.45) is 0.880. The van der Waals surface area contributed by atoms with Crippen LogP contribution >= 0.6 is 11.8 Å². The number of hydrogen-bond donors (Lipinski definition) is 0. The van der Waals surface area contributed by atoms with Crippen LogP contribution in [-0.4, -0.2) is 24.2 Å². The molecule has 1 saturated heterocycles. The van der Waals surface area contributed by atoms with E-state index in [2.05, 4.69) is 6.07 Å². The molecular weight excluding hydrogens is 134 g/mol. The van der Waals surface area contributed by atoms with Crippen LogP contribution in [0.3, 0.4) is 0 Å². The van der Waals surface area contributed by atoms with Crippen molar-refractivity contribution in [3.8, 4) is 6.07 Å². The molecule has 0 saturated carbocycles. The predicted octanol–water partition coefficient (Wildman–Crippen LogP) is 1.03. The molecular formula is C6H9NOS. The molecule has 0 bridgehead atoms. The normalized spacial score (nSPS) is 34.2. The van der Waals surface area contributed by atoms with Gasteiger partial charge in [0.2, 0.25) is 0 Å². The molecule has 0 aromatic rings. The molecule has 0 aliphatic carbocycles. The Bertz CT molecular complexity index is 134. The van der Waals surface area contributed by atoms with Crippen LogP contribution in [-0.2, 0) is 4.74 Å². The van der Waals surface area contributed by atoms with Crippen LogP contribution in [0.4, 0.5) is 0 Å². The molecule has 1 atom stereocenters. The summed E-state index contributed by atoms with van der Waals surface area (Å²) in [5.41, 5.74) is -0.454. The maximum atomic E-state index is 8.63. The standard InChI is InChI=1S/C6H9NOS/c1-8-6(4-7)2-3-9-5-6/h2-3,5H2,1H3/t6-/m1/s1. The fraction of sp³-hybridized carbons (Fsp3) is 0.833. The lowest BCUT2D eigenvalue weighted by Crippen LogP contribution is -2.28. The number of thioether (sulfide) groups is 1. The summed E-state index contributed by atoms with van der Waals surface area (Å²) in [5.74, 6) is 1.89. The van der Waals surface area contributed by atoms with E-state index in [1.54, 1.807) is 18.9 Å². The van der Waals surface area contributed by atoms with Gasteiger partial charge in [-0.1, -0.05) is 0 Å². The summed E-state index contributed by atoms with van der Waals surface area (Å²) in [6.45, 7) is 0. The first-order valence-corrected chi connectivity index (χ1v) is 4.03. The Kier molecular flexibility index (Phi) is 1.99. The first-order chi connectivity index (χ1) is 4.33. The minimum atomic E-state index is -0.454. The van der Waals surface area contributed by atoms with Gasteiger partial charge in [-0.15, -0.1) is 0 Å². The Morgan fingerprint density at radius 1 is 1.78 bits per heavy atom. The first kappa shape index (κ1) is 6.91. The van der Waals surface area contributed by atoms with Crippen LogP contribution < -0.4 is 0 Å². The highest BCUT2D eigenvalue weighted by Gasteiger charge is 2.33. The first-order valence-electron chi connectivity index (χ1n) is 2.87. The van der Waals surface area contributed by atoms with Gasteiger partial charge in [-0.3, -0.25) is 0 Å². The zero-order valence-corrected chi connectivity index (χ0v) is 6.20. The second-order valence-corrected chi connectivity index (χ2v) is 3.22. The predicted molar refractivity (Wildman–Crippen MR) is 37.3 cm³/mol. The molecule has 1 fully saturated rings. The summed E-state index contributed by atoms with van der Waals surface area (Å²) in [6, 6.07) is 2.18. The zero-order valence-electron chi connectivity index (χ0n) is 5.39. The summed E-state index contributed by atoms with van der Waals surface area (Å²) in [7, 11) is 1.61. The van der Waals surface area contributed by atoms with E-state index in [1.807, 2.05) is 0 Å². The second-order valence-electron chi connectivity index (χ2n) is 2.11. The molecule has 0 spiro atoms. The van der Waals surface area contributed by atoms with Crippen molar-refractivity contribution in [1.82, 2.24) is 0 Å². The molecule has 50 valence electrons. The summed E-state index contributed by atoms with van der Waals surface area (Å²) in [5, 5.41) is 8.63.